The van der Waals surface area contributed by atoms with Gasteiger partial charge >= 0.3 is 0 Å². The Morgan fingerprint density at radius 1 is 1.06 bits per heavy atom. The lowest BCUT2D eigenvalue weighted by atomic mass is 10.1. The largest absolute Gasteiger partial charge is 0.495 e. The molecule has 3 aromatic rings. The van der Waals surface area contributed by atoms with Gasteiger partial charge in [0.15, 0.2) is 0 Å². The average Bonchev–Trinajstić information content (AvgIpc) is 3.43. The monoisotopic (exact) mass is 497 g/mol. The lowest BCUT2D eigenvalue weighted by Gasteiger charge is -2.33. The standard InChI is InChI=1S/C26H31N3O5S/c1-28(22-9-4-5-10-24(22)33-2)35(31,32)21-14-12-20(13-15-21)26(30)27-19-23(25-11-8-18-34-25)29-16-6-3-7-17-29/h4-5,8-15,18,23H,3,6-7,16-17,19H2,1-2H3,(H,27,30). The number of likely N-dealkylation sites (tertiary alicyclic amines) is 1. The van der Waals surface area contributed by atoms with Crippen molar-refractivity contribution in [3.63, 3.8) is 0 Å². The number of rotatable bonds is 9. The van der Waals surface area contributed by atoms with Crippen LogP contribution >= 0.6 is 0 Å². The van der Waals surface area contributed by atoms with Gasteiger partial charge < -0.3 is 14.5 Å². The van der Waals surface area contributed by atoms with Crippen LogP contribution in [0.3, 0.4) is 0 Å². The number of benzene rings is 2. The zero-order chi connectivity index (χ0) is 24.8. The number of anilines is 1. The Balaban J connectivity index is 1.45. The van der Waals surface area contributed by atoms with Crippen molar-refractivity contribution >= 4 is 21.6 Å². The molecule has 0 aliphatic carbocycles. The third-order valence-corrected chi connectivity index (χ3v) is 8.14. The summed E-state index contributed by atoms with van der Waals surface area (Å²) in [6.45, 7) is 2.34. The van der Waals surface area contributed by atoms with E-state index in [-0.39, 0.29) is 16.8 Å². The molecule has 8 nitrogen and oxygen atoms in total. The summed E-state index contributed by atoms with van der Waals surface area (Å²) in [6, 6.07) is 16.6. The second-order valence-corrected chi connectivity index (χ2v) is 10.5. The van der Waals surface area contributed by atoms with Crippen molar-refractivity contribution in [2.45, 2.75) is 30.2 Å². The van der Waals surface area contributed by atoms with E-state index in [1.165, 1.54) is 49.1 Å². The lowest BCUT2D eigenvalue weighted by molar-refractivity contribution is 0.0914. The number of carbonyl (C=O) groups is 1. The molecule has 1 amide bonds. The van der Waals surface area contributed by atoms with Gasteiger partial charge in [0.25, 0.3) is 15.9 Å². The van der Waals surface area contributed by atoms with Crippen molar-refractivity contribution in [1.29, 1.82) is 0 Å². The molecule has 1 aliphatic rings. The molecule has 2 heterocycles. The number of methoxy groups -OCH3 is 1. The Morgan fingerprint density at radius 2 is 1.77 bits per heavy atom. The number of ether oxygens (including phenoxy) is 1. The fourth-order valence-corrected chi connectivity index (χ4v) is 5.57. The molecule has 0 radical (unpaired) electrons. The van der Waals surface area contributed by atoms with Gasteiger partial charge in [-0.3, -0.25) is 14.0 Å². The smallest absolute Gasteiger partial charge is 0.264 e. The summed E-state index contributed by atoms with van der Waals surface area (Å²) in [6.07, 6.45) is 5.12. The number of sulfonamides is 1. The summed E-state index contributed by atoms with van der Waals surface area (Å²) < 4.78 is 38.4. The van der Waals surface area contributed by atoms with Crippen LogP contribution in [0, 0.1) is 0 Å². The van der Waals surface area contributed by atoms with Gasteiger partial charge in [0.2, 0.25) is 0 Å². The number of hydrogen-bond acceptors (Lipinski definition) is 6. The highest BCUT2D eigenvalue weighted by Crippen LogP contribution is 2.31. The highest BCUT2D eigenvalue weighted by Gasteiger charge is 2.26. The maximum absolute atomic E-state index is 13.2. The van der Waals surface area contributed by atoms with Crippen LogP contribution in [0.2, 0.25) is 0 Å². The zero-order valence-electron chi connectivity index (χ0n) is 20.0. The quantitative estimate of drug-likeness (QED) is 0.479. The van der Waals surface area contributed by atoms with E-state index in [4.69, 9.17) is 9.15 Å². The van der Waals surface area contributed by atoms with Crippen LogP contribution in [0.4, 0.5) is 5.69 Å². The van der Waals surface area contributed by atoms with Gasteiger partial charge in [0.05, 0.1) is 30.0 Å². The maximum atomic E-state index is 13.2. The molecule has 1 aromatic heterocycles. The molecule has 4 rings (SSSR count). The van der Waals surface area contributed by atoms with Gasteiger partial charge in [-0.05, 0) is 74.5 Å². The van der Waals surface area contributed by atoms with Crippen molar-refractivity contribution in [3.8, 4) is 5.75 Å². The van der Waals surface area contributed by atoms with E-state index in [9.17, 15) is 13.2 Å². The van der Waals surface area contributed by atoms with E-state index in [1.54, 1.807) is 30.5 Å². The summed E-state index contributed by atoms with van der Waals surface area (Å²) in [5.41, 5.74) is 0.819. The van der Waals surface area contributed by atoms with Crippen LogP contribution < -0.4 is 14.4 Å². The summed E-state index contributed by atoms with van der Waals surface area (Å²) in [5, 5.41) is 2.99. The first-order chi connectivity index (χ1) is 16.9. The SMILES string of the molecule is COc1ccccc1N(C)S(=O)(=O)c1ccc(C(=O)NCC(c2ccco2)N2CCCCC2)cc1. The topological polar surface area (TPSA) is 92.1 Å². The molecule has 1 aliphatic heterocycles. The summed E-state index contributed by atoms with van der Waals surface area (Å²) in [7, 11) is -0.865. The van der Waals surface area contributed by atoms with E-state index in [0.29, 0.717) is 23.5 Å². The minimum atomic E-state index is -3.83. The van der Waals surface area contributed by atoms with Gasteiger partial charge in [0.1, 0.15) is 11.5 Å². The van der Waals surface area contributed by atoms with Crippen molar-refractivity contribution in [1.82, 2.24) is 10.2 Å². The van der Waals surface area contributed by atoms with Crippen LogP contribution in [0.1, 0.15) is 41.4 Å². The number of nitrogens with zero attached hydrogens (tertiary/aromatic N) is 2. The number of nitrogens with one attached hydrogen (secondary N) is 1. The van der Waals surface area contributed by atoms with E-state index < -0.39 is 10.0 Å². The van der Waals surface area contributed by atoms with Crippen LogP contribution in [-0.2, 0) is 10.0 Å². The Morgan fingerprint density at radius 3 is 2.43 bits per heavy atom. The lowest BCUT2D eigenvalue weighted by Crippen LogP contribution is -2.40. The molecule has 9 heteroatoms. The van der Waals surface area contributed by atoms with Gasteiger partial charge in [-0.1, -0.05) is 18.6 Å². The number of para-hydroxylation sites is 2. The Labute approximate surface area is 206 Å². The highest BCUT2D eigenvalue weighted by molar-refractivity contribution is 7.92. The first-order valence-electron chi connectivity index (χ1n) is 11.7. The van der Waals surface area contributed by atoms with Crippen molar-refractivity contribution in [3.05, 3.63) is 78.3 Å². The maximum Gasteiger partial charge on any atom is 0.264 e. The second kappa shape index (κ2) is 11.0. The summed E-state index contributed by atoms with van der Waals surface area (Å²) >= 11 is 0. The molecule has 0 saturated carbocycles. The van der Waals surface area contributed by atoms with Crippen molar-refractivity contribution < 1.29 is 22.4 Å². The van der Waals surface area contributed by atoms with Crippen molar-refractivity contribution in [2.24, 2.45) is 0 Å². The number of piperidine rings is 1. The number of furan rings is 1. The molecule has 1 unspecified atom stereocenters. The van der Waals surface area contributed by atoms with Gasteiger partial charge in [-0.25, -0.2) is 8.42 Å². The molecule has 186 valence electrons. The number of amides is 1. The molecular weight excluding hydrogens is 466 g/mol. The second-order valence-electron chi connectivity index (χ2n) is 8.51. The first kappa shape index (κ1) is 24.8. The molecular formula is C26H31N3O5S. The normalized spacial score (nSPS) is 15.4. The highest BCUT2D eigenvalue weighted by atomic mass is 32.2. The summed E-state index contributed by atoms with van der Waals surface area (Å²) in [5.74, 6) is 1.02. The van der Waals surface area contributed by atoms with E-state index in [0.717, 1.165) is 31.7 Å². The van der Waals surface area contributed by atoms with E-state index in [1.807, 2.05) is 12.1 Å². The van der Waals surface area contributed by atoms with Crippen LogP contribution in [0.5, 0.6) is 5.75 Å². The molecule has 0 bridgehead atoms. The third kappa shape index (κ3) is 5.52. The molecule has 35 heavy (non-hydrogen) atoms. The first-order valence-corrected chi connectivity index (χ1v) is 13.1. The third-order valence-electron chi connectivity index (χ3n) is 6.36. The summed E-state index contributed by atoms with van der Waals surface area (Å²) in [4.78, 5) is 15.3. The van der Waals surface area contributed by atoms with E-state index in [2.05, 4.69) is 10.2 Å². The average molecular weight is 498 g/mol. The van der Waals surface area contributed by atoms with E-state index >= 15 is 0 Å². The molecule has 2 aromatic carbocycles. The zero-order valence-corrected chi connectivity index (χ0v) is 20.8. The molecule has 1 N–H and O–H groups in total. The van der Waals surface area contributed by atoms with Crippen LogP contribution in [0.15, 0.2) is 76.2 Å². The van der Waals surface area contributed by atoms with Gasteiger partial charge in [0, 0.05) is 19.2 Å². The van der Waals surface area contributed by atoms with Gasteiger partial charge in [-0.2, -0.15) is 0 Å². The number of hydrogen-bond donors (Lipinski definition) is 1. The number of carbonyl (C=O) groups excluding carboxylic acids is 1. The minimum Gasteiger partial charge on any atom is -0.495 e. The Kier molecular flexibility index (Phi) is 7.77. The fourth-order valence-electron chi connectivity index (χ4n) is 4.37. The van der Waals surface area contributed by atoms with Crippen molar-refractivity contribution in [2.75, 3.05) is 38.1 Å². The Bertz CT molecular complexity index is 1220. The molecule has 0 spiro atoms. The fraction of sp³-hybridized carbons (Fsp3) is 0.346. The molecule has 1 atom stereocenters. The Hall–Kier alpha value is -3.30. The predicted octanol–water partition coefficient (Wildman–Crippen LogP) is 4.07. The van der Waals surface area contributed by atoms with Crippen LogP contribution in [-0.4, -0.2) is 53.0 Å². The molecule has 1 saturated heterocycles. The van der Waals surface area contributed by atoms with Crippen LogP contribution in [0.25, 0.3) is 0 Å². The minimum absolute atomic E-state index is 0.0385. The predicted molar refractivity (Wildman–Crippen MR) is 134 cm³/mol. The molecule has 1 fully saturated rings. The van der Waals surface area contributed by atoms with Gasteiger partial charge in [-0.15, -0.1) is 0 Å².